The first-order chi connectivity index (χ1) is 8.79. The Bertz CT molecular complexity index is 225. The van der Waals surface area contributed by atoms with Crippen LogP contribution in [0.3, 0.4) is 0 Å². The number of hydrogen-bond donors (Lipinski definition) is 1. The van der Waals surface area contributed by atoms with Crippen LogP contribution in [0, 0.1) is 5.92 Å². The number of nitrogens with zero attached hydrogens (tertiary/aromatic N) is 2. The quantitative estimate of drug-likeness (QED) is 0.812. The largest absolute Gasteiger partial charge is 0.396 e. The van der Waals surface area contributed by atoms with Crippen LogP contribution >= 0.6 is 0 Å². The van der Waals surface area contributed by atoms with Crippen molar-refractivity contribution in [2.75, 3.05) is 39.3 Å². The fraction of sp³-hybridized carbons (Fsp3) is 1.00. The molecule has 2 aliphatic heterocycles. The van der Waals surface area contributed by atoms with E-state index < -0.39 is 0 Å². The van der Waals surface area contributed by atoms with Gasteiger partial charge in [0.2, 0.25) is 0 Å². The SMILES string of the molecule is CC1CCN(CCN2CCCCC2CCO)CC1. The molecule has 1 atom stereocenters. The van der Waals surface area contributed by atoms with Crippen LogP contribution in [0.2, 0.25) is 0 Å². The number of aliphatic hydroxyl groups is 1. The summed E-state index contributed by atoms with van der Waals surface area (Å²) in [6, 6.07) is 0.646. The van der Waals surface area contributed by atoms with Crippen molar-refractivity contribution < 1.29 is 5.11 Å². The molecule has 3 nitrogen and oxygen atoms in total. The van der Waals surface area contributed by atoms with Gasteiger partial charge in [-0.1, -0.05) is 13.3 Å². The summed E-state index contributed by atoms with van der Waals surface area (Å²) in [4.78, 5) is 5.25. The second-order valence-corrected chi connectivity index (χ2v) is 6.22. The Morgan fingerprint density at radius 3 is 2.50 bits per heavy atom. The third kappa shape index (κ3) is 4.22. The Kier molecular flexibility index (Phi) is 5.93. The van der Waals surface area contributed by atoms with Crippen molar-refractivity contribution in [2.45, 2.75) is 51.5 Å². The first kappa shape index (κ1) is 14.3. The highest BCUT2D eigenvalue weighted by molar-refractivity contribution is 4.78. The third-order valence-electron chi connectivity index (χ3n) is 4.79. The van der Waals surface area contributed by atoms with Crippen LogP contribution in [0.1, 0.15) is 45.4 Å². The summed E-state index contributed by atoms with van der Waals surface area (Å²) in [6.07, 6.45) is 7.70. The van der Waals surface area contributed by atoms with Gasteiger partial charge in [0.05, 0.1) is 0 Å². The zero-order valence-corrected chi connectivity index (χ0v) is 12.0. The van der Waals surface area contributed by atoms with E-state index in [1.807, 2.05) is 0 Å². The highest BCUT2D eigenvalue weighted by Gasteiger charge is 2.23. The molecule has 0 aromatic carbocycles. The summed E-state index contributed by atoms with van der Waals surface area (Å²) in [5.41, 5.74) is 0. The Balaban J connectivity index is 1.70. The predicted octanol–water partition coefficient (Wildman–Crippen LogP) is 1.96. The first-order valence-corrected chi connectivity index (χ1v) is 7.87. The smallest absolute Gasteiger partial charge is 0.0445 e. The van der Waals surface area contributed by atoms with E-state index in [1.54, 1.807) is 0 Å². The van der Waals surface area contributed by atoms with Crippen molar-refractivity contribution >= 4 is 0 Å². The highest BCUT2D eigenvalue weighted by Crippen LogP contribution is 2.20. The maximum atomic E-state index is 9.15. The molecule has 1 unspecified atom stereocenters. The van der Waals surface area contributed by atoms with Crippen molar-refractivity contribution in [3.8, 4) is 0 Å². The van der Waals surface area contributed by atoms with E-state index in [0.29, 0.717) is 12.6 Å². The van der Waals surface area contributed by atoms with E-state index in [0.717, 1.165) is 12.3 Å². The van der Waals surface area contributed by atoms with Gasteiger partial charge in [0.15, 0.2) is 0 Å². The van der Waals surface area contributed by atoms with Gasteiger partial charge in [-0.05, 0) is 57.7 Å². The lowest BCUT2D eigenvalue weighted by Crippen LogP contribution is -2.45. The Morgan fingerprint density at radius 1 is 1.00 bits per heavy atom. The zero-order valence-electron chi connectivity index (χ0n) is 12.0. The third-order valence-corrected chi connectivity index (χ3v) is 4.79. The minimum atomic E-state index is 0.350. The van der Waals surface area contributed by atoms with Crippen LogP contribution < -0.4 is 0 Å². The van der Waals surface area contributed by atoms with E-state index in [9.17, 15) is 0 Å². The number of hydrogen-bond acceptors (Lipinski definition) is 3. The summed E-state index contributed by atoms with van der Waals surface area (Å²) < 4.78 is 0. The molecule has 0 saturated carbocycles. The fourth-order valence-electron chi connectivity index (χ4n) is 3.39. The van der Waals surface area contributed by atoms with E-state index in [2.05, 4.69) is 16.7 Å². The summed E-state index contributed by atoms with van der Waals surface area (Å²) in [6.45, 7) is 8.99. The van der Waals surface area contributed by atoms with Crippen molar-refractivity contribution in [1.82, 2.24) is 9.80 Å². The molecule has 2 aliphatic rings. The van der Waals surface area contributed by atoms with Gasteiger partial charge in [-0.15, -0.1) is 0 Å². The average Bonchev–Trinajstić information content (AvgIpc) is 2.40. The van der Waals surface area contributed by atoms with Crippen molar-refractivity contribution in [2.24, 2.45) is 5.92 Å². The molecule has 0 aromatic heterocycles. The molecule has 2 rings (SSSR count). The molecule has 0 spiro atoms. The summed E-state index contributed by atoms with van der Waals surface area (Å²) in [7, 11) is 0. The maximum Gasteiger partial charge on any atom is 0.0445 e. The molecule has 106 valence electrons. The number of aliphatic hydroxyl groups excluding tert-OH is 1. The standard InChI is InChI=1S/C15H30N2O/c1-14-5-9-16(10-6-14)11-12-17-8-3-2-4-15(17)7-13-18/h14-15,18H,2-13H2,1H3. The molecule has 0 amide bonds. The van der Waals surface area contributed by atoms with Crippen LogP contribution in [-0.2, 0) is 0 Å². The molecule has 0 radical (unpaired) electrons. The second-order valence-electron chi connectivity index (χ2n) is 6.22. The second kappa shape index (κ2) is 7.46. The molecule has 0 bridgehead atoms. The molecule has 0 aromatic rings. The van der Waals surface area contributed by atoms with Crippen LogP contribution in [0.15, 0.2) is 0 Å². The number of piperidine rings is 2. The Morgan fingerprint density at radius 2 is 1.78 bits per heavy atom. The van der Waals surface area contributed by atoms with Crippen molar-refractivity contribution in [1.29, 1.82) is 0 Å². The van der Waals surface area contributed by atoms with Crippen molar-refractivity contribution in [3.05, 3.63) is 0 Å². The van der Waals surface area contributed by atoms with E-state index >= 15 is 0 Å². The molecule has 1 N–H and O–H groups in total. The lowest BCUT2D eigenvalue weighted by molar-refractivity contribution is 0.0949. The molecule has 3 heteroatoms. The first-order valence-electron chi connectivity index (χ1n) is 7.87. The van der Waals surface area contributed by atoms with Gasteiger partial charge >= 0.3 is 0 Å². The van der Waals surface area contributed by atoms with Gasteiger partial charge < -0.3 is 10.0 Å². The van der Waals surface area contributed by atoms with Gasteiger partial charge in [-0.25, -0.2) is 0 Å². The predicted molar refractivity (Wildman–Crippen MR) is 75.8 cm³/mol. The summed E-state index contributed by atoms with van der Waals surface area (Å²) >= 11 is 0. The molecular formula is C15H30N2O. The molecule has 2 fully saturated rings. The van der Waals surface area contributed by atoms with Gasteiger partial charge in [-0.3, -0.25) is 4.90 Å². The molecular weight excluding hydrogens is 224 g/mol. The maximum absolute atomic E-state index is 9.15. The number of rotatable bonds is 5. The summed E-state index contributed by atoms with van der Waals surface area (Å²) in [5, 5.41) is 9.15. The van der Waals surface area contributed by atoms with Crippen LogP contribution in [-0.4, -0.2) is 60.3 Å². The lowest BCUT2D eigenvalue weighted by atomic mass is 9.98. The van der Waals surface area contributed by atoms with E-state index in [4.69, 9.17) is 5.11 Å². The number of likely N-dealkylation sites (tertiary alicyclic amines) is 2. The molecule has 2 saturated heterocycles. The van der Waals surface area contributed by atoms with Gasteiger partial charge in [-0.2, -0.15) is 0 Å². The van der Waals surface area contributed by atoms with Gasteiger partial charge in [0.1, 0.15) is 0 Å². The van der Waals surface area contributed by atoms with Crippen LogP contribution in [0.25, 0.3) is 0 Å². The molecule has 18 heavy (non-hydrogen) atoms. The van der Waals surface area contributed by atoms with Gasteiger partial charge in [0.25, 0.3) is 0 Å². The minimum Gasteiger partial charge on any atom is -0.396 e. The fourth-order valence-corrected chi connectivity index (χ4v) is 3.39. The summed E-state index contributed by atoms with van der Waals surface area (Å²) in [5.74, 6) is 0.929. The minimum absolute atomic E-state index is 0.350. The molecule has 0 aliphatic carbocycles. The lowest BCUT2D eigenvalue weighted by Gasteiger charge is -2.38. The van der Waals surface area contributed by atoms with Gasteiger partial charge in [0, 0.05) is 25.7 Å². The Hall–Kier alpha value is -0.120. The Labute approximate surface area is 112 Å². The van der Waals surface area contributed by atoms with Crippen LogP contribution in [0.5, 0.6) is 0 Å². The average molecular weight is 254 g/mol. The topological polar surface area (TPSA) is 26.7 Å². The van der Waals surface area contributed by atoms with Crippen LogP contribution in [0.4, 0.5) is 0 Å². The normalized spacial score (nSPS) is 28.7. The van der Waals surface area contributed by atoms with Crippen molar-refractivity contribution in [3.63, 3.8) is 0 Å². The highest BCUT2D eigenvalue weighted by atomic mass is 16.3. The molecule has 2 heterocycles. The monoisotopic (exact) mass is 254 g/mol. The zero-order chi connectivity index (χ0) is 12.8. The van der Waals surface area contributed by atoms with E-state index in [1.165, 1.54) is 64.8 Å². The van der Waals surface area contributed by atoms with E-state index in [-0.39, 0.29) is 0 Å².